The van der Waals surface area contributed by atoms with Crippen molar-refractivity contribution in [1.29, 1.82) is 0 Å². The standard InChI is InChI=1S/C66H46N4S/c1-5-19-46(20-6-1)67(51-37-39-55-54-28-14-17-31-60(54)69(62(55)43-51)48-23-9-3-10-24-48)50-35-33-45(34-36-50)53-27-13-16-30-59(53)68(47-21-7-2-8-22-47)52-38-40-58-63(44-52)70(49-25-11-4-12-26-49)61-42-41-57-56-29-15-18-32-64(56)71-66(57)65(58)61/h1-11,13-25,27-44H,12,26H2. The van der Waals surface area contributed by atoms with E-state index in [0.717, 1.165) is 63.8 Å². The number of benzene rings is 10. The van der Waals surface area contributed by atoms with Crippen LogP contribution in [0.3, 0.4) is 0 Å². The average Bonchev–Trinajstić information content (AvgIpc) is 4.10. The Morgan fingerprint density at radius 1 is 0.394 bits per heavy atom. The van der Waals surface area contributed by atoms with Gasteiger partial charge in [0.05, 0.1) is 27.8 Å². The molecular weight excluding hydrogens is 881 g/mol. The zero-order valence-corrected chi connectivity index (χ0v) is 39.7. The number of hydrogen-bond acceptors (Lipinski definition) is 3. The van der Waals surface area contributed by atoms with E-state index >= 15 is 0 Å². The highest BCUT2D eigenvalue weighted by atomic mass is 32.1. The van der Waals surface area contributed by atoms with E-state index in [1.165, 1.54) is 69.5 Å². The lowest BCUT2D eigenvalue weighted by atomic mass is 10.0. The van der Waals surface area contributed by atoms with Crippen LogP contribution in [0.5, 0.6) is 0 Å². The molecule has 1 aliphatic rings. The van der Waals surface area contributed by atoms with Crippen molar-refractivity contribution in [1.82, 2.24) is 9.13 Å². The molecule has 0 spiro atoms. The lowest BCUT2D eigenvalue weighted by Gasteiger charge is -2.29. The molecule has 0 radical (unpaired) electrons. The van der Waals surface area contributed by atoms with E-state index in [2.05, 4.69) is 274 Å². The number of para-hydroxylation sites is 5. The molecule has 0 amide bonds. The molecule has 3 heterocycles. The van der Waals surface area contributed by atoms with Crippen LogP contribution in [0.2, 0.25) is 0 Å². The molecule has 10 aromatic carbocycles. The third-order valence-corrected chi connectivity index (χ3v) is 15.5. The monoisotopic (exact) mass is 926 g/mol. The minimum absolute atomic E-state index is 0.986. The van der Waals surface area contributed by atoms with Gasteiger partial charge in [0.1, 0.15) is 0 Å². The van der Waals surface area contributed by atoms with Crippen molar-refractivity contribution in [2.75, 3.05) is 9.80 Å². The van der Waals surface area contributed by atoms with E-state index < -0.39 is 0 Å². The van der Waals surface area contributed by atoms with E-state index in [1.807, 2.05) is 11.3 Å². The fourth-order valence-corrected chi connectivity index (χ4v) is 12.4. The van der Waals surface area contributed by atoms with Crippen molar-refractivity contribution in [2.45, 2.75) is 12.8 Å². The maximum atomic E-state index is 2.53. The number of aromatic nitrogens is 2. The molecule has 0 saturated carbocycles. The fraction of sp³-hybridized carbons (Fsp3) is 0.0303. The Balaban J connectivity index is 0.910. The normalized spacial score (nSPS) is 12.7. The molecule has 1 aliphatic carbocycles. The molecule has 14 rings (SSSR count). The fourth-order valence-electron chi connectivity index (χ4n) is 11.2. The van der Waals surface area contributed by atoms with Gasteiger partial charge in [-0.25, -0.2) is 0 Å². The van der Waals surface area contributed by atoms with Gasteiger partial charge in [0.15, 0.2) is 0 Å². The maximum Gasteiger partial charge on any atom is 0.0561 e. The van der Waals surface area contributed by atoms with Gasteiger partial charge >= 0.3 is 0 Å². The van der Waals surface area contributed by atoms with Gasteiger partial charge in [0, 0.05) is 87.1 Å². The summed E-state index contributed by atoms with van der Waals surface area (Å²) in [6, 6.07) is 86.5. The lowest BCUT2D eigenvalue weighted by Crippen LogP contribution is -2.11. The van der Waals surface area contributed by atoms with Crippen molar-refractivity contribution >= 4 is 115 Å². The number of hydrogen-bond donors (Lipinski definition) is 0. The topological polar surface area (TPSA) is 16.3 Å². The Labute approximate surface area is 416 Å². The van der Waals surface area contributed by atoms with Crippen LogP contribution in [0.4, 0.5) is 34.1 Å². The highest BCUT2D eigenvalue weighted by Crippen LogP contribution is 2.48. The van der Waals surface area contributed by atoms with Crippen LogP contribution in [-0.2, 0) is 0 Å². The highest BCUT2D eigenvalue weighted by Gasteiger charge is 2.24. The number of fused-ring (bicyclic) bond motifs is 10. The maximum absolute atomic E-state index is 2.53. The number of nitrogens with zero attached hydrogens (tertiary/aromatic N) is 4. The average molecular weight is 927 g/mol. The second-order valence-corrected chi connectivity index (χ2v) is 19.4. The second kappa shape index (κ2) is 17.0. The Morgan fingerprint density at radius 3 is 1.73 bits per heavy atom. The molecule has 336 valence electrons. The molecule has 0 aliphatic heterocycles. The molecule has 0 N–H and O–H groups in total. The van der Waals surface area contributed by atoms with Crippen LogP contribution in [0.1, 0.15) is 12.8 Å². The summed E-state index contributed by atoms with van der Waals surface area (Å²) in [6.45, 7) is 0. The van der Waals surface area contributed by atoms with Crippen molar-refractivity contribution in [3.05, 3.63) is 255 Å². The summed E-state index contributed by atoms with van der Waals surface area (Å²) in [5, 5.41) is 7.72. The molecule has 4 nitrogen and oxygen atoms in total. The molecule has 0 bridgehead atoms. The summed E-state index contributed by atoms with van der Waals surface area (Å²) in [5.74, 6) is 0. The summed E-state index contributed by atoms with van der Waals surface area (Å²) in [4.78, 5) is 4.81. The minimum Gasteiger partial charge on any atom is -0.313 e. The van der Waals surface area contributed by atoms with Crippen LogP contribution in [0.25, 0.3) is 86.3 Å². The van der Waals surface area contributed by atoms with E-state index in [9.17, 15) is 0 Å². The SMILES string of the molecule is C1=CCCC(n2c3cc(N(c4ccccc4)c4ccccc4-c4ccc(N(c5ccccc5)c5ccc6c7ccccc7n(-c7ccccc7)c6c5)cc4)ccc3c3c4sc5ccccc5c4ccc32)=C1. The van der Waals surface area contributed by atoms with E-state index in [4.69, 9.17) is 0 Å². The first-order valence-electron chi connectivity index (χ1n) is 24.5. The smallest absolute Gasteiger partial charge is 0.0561 e. The second-order valence-electron chi connectivity index (χ2n) is 18.4. The molecule has 0 fully saturated rings. The first kappa shape index (κ1) is 41.1. The third-order valence-electron chi connectivity index (χ3n) is 14.3. The molecule has 0 unspecified atom stereocenters. The van der Waals surface area contributed by atoms with Crippen LogP contribution in [0, 0.1) is 0 Å². The van der Waals surface area contributed by atoms with E-state index in [1.54, 1.807) is 0 Å². The highest BCUT2D eigenvalue weighted by molar-refractivity contribution is 7.26. The van der Waals surface area contributed by atoms with Gasteiger partial charge < -0.3 is 18.9 Å². The van der Waals surface area contributed by atoms with Gasteiger partial charge in [-0.05, 0) is 122 Å². The summed E-state index contributed by atoms with van der Waals surface area (Å²) in [6.07, 6.45) is 8.82. The van der Waals surface area contributed by atoms with Crippen molar-refractivity contribution in [3.8, 4) is 16.8 Å². The Morgan fingerprint density at radius 2 is 0.972 bits per heavy atom. The van der Waals surface area contributed by atoms with Crippen LogP contribution in [-0.4, -0.2) is 9.13 Å². The number of allylic oxidation sites excluding steroid dienone is 4. The summed E-state index contributed by atoms with van der Waals surface area (Å²) in [5.41, 5.74) is 16.2. The zero-order valence-electron chi connectivity index (χ0n) is 38.9. The quantitative estimate of drug-likeness (QED) is 0.143. The van der Waals surface area contributed by atoms with Gasteiger partial charge in [-0.2, -0.15) is 0 Å². The van der Waals surface area contributed by atoms with Crippen molar-refractivity contribution in [2.24, 2.45) is 0 Å². The Bertz CT molecular complexity index is 4220. The predicted molar refractivity (Wildman–Crippen MR) is 304 cm³/mol. The van der Waals surface area contributed by atoms with Crippen molar-refractivity contribution < 1.29 is 0 Å². The zero-order chi connectivity index (χ0) is 46.8. The van der Waals surface area contributed by atoms with Crippen LogP contribution >= 0.6 is 11.3 Å². The third kappa shape index (κ3) is 6.80. The predicted octanol–water partition coefficient (Wildman–Crippen LogP) is 19.1. The van der Waals surface area contributed by atoms with E-state index in [-0.39, 0.29) is 0 Å². The molecule has 5 heteroatoms. The number of anilines is 6. The molecule has 71 heavy (non-hydrogen) atoms. The van der Waals surface area contributed by atoms with Crippen LogP contribution in [0.15, 0.2) is 255 Å². The van der Waals surface area contributed by atoms with Gasteiger partial charge in [0.25, 0.3) is 0 Å². The largest absolute Gasteiger partial charge is 0.313 e. The van der Waals surface area contributed by atoms with Gasteiger partial charge in [0.2, 0.25) is 0 Å². The van der Waals surface area contributed by atoms with E-state index in [0.29, 0.717) is 0 Å². The van der Waals surface area contributed by atoms with Crippen molar-refractivity contribution in [3.63, 3.8) is 0 Å². The molecule has 3 aromatic heterocycles. The first-order chi connectivity index (χ1) is 35.2. The first-order valence-corrected chi connectivity index (χ1v) is 25.3. The van der Waals surface area contributed by atoms with Crippen LogP contribution < -0.4 is 9.80 Å². The molecular formula is C66H46N4S. The lowest BCUT2D eigenvalue weighted by molar-refractivity contribution is 0.979. The molecule has 0 saturated heterocycles. The number of rotatable bonds is 9. The Hall–Kier alpha value is -8.90. The van der Waals surface area contributed by atoms with Gasteiger partial charge in [-0.3, -0.25) is 0 Å². The minimum atomic E-state index is 0.986. The van der Waals surface area contributed by atoms with Gasteiger partial charge in [-0.1, -0.05) is 152 Å². The Kier molecular flexibility index (Phi) is 9.81. The van der Waals surface area contributed by atoms with Gasteiger partial charge in [-0.15, -0.1) is 11.3 Å². The summed E-state index contributed by atoms with van der Waals surface area (Å²) < 4.78 is 7.60. The number of thiophene rings is 1. The molecule has 0 atom stereocenters. The molecule has 13 aromatic rings. The summed E-state index contributed by atoms with van der Waals surface area (Å²) in [7, 11) is 0. The summed E-state index contributed by atoms with van der Waals surface area (Å²) >= 11 is 1.91.